The fourth-order valence-corrected chi connectivity index (χ4v) is 2.78. The average molecular weight is 391 g/mol. The van der Waals surface area contributed by atoms with E-state index in [0.29, 0.717) is 21.1 Å². The fourth-order valence-electron chi connectivity index (χ4n) is 1.50. The monoisotopic (exact) mass is 389 g/mol. The Balaban J connectivity index is 2.82. The summed E-state index contributed by atoms with van der Waals surface area (Å²) >= 11 is 6.30. The summed E-state index contributed by atoms with van der Waals surface area (Å²) in [5.74, 6) is 0.0395. The molecule has 0 unspecified atom stereocenters. The molecule has 1 aromatic carbocycles. The molecule has 0 heterocycles. The molecule has 7 heteroatoms. The van der Waals surface area contributed by atoms with E-state index in [-0.39, 0.29) is 12.3 Å². The minimum Gasteiger partial charge on any atom is -0.506 e. The van der Waals surface area contributed by atoms with E-state index < -0.39 is 12.7 Å². The summed E-state index contributed by atoms with van der Waals surface area (Å²) in [6.45, 7) is 1.21. The number of hydrogen-bond donors (Lipinski definition) is 1. The largest absolute Gasteiger partial charge is 0.506 e. The summed E-state index contributed by atoms with van der Waals surface area (Å²) in [4.78, 5) is 1.28. The first-order valence-electron chi connectivity index (χ1n) is 5.19. The van der Waals surface area contributed by atoms with Crippen LogP contribution in [-0.4, -0.2) is 29.3 Å². The van der Waals surface area contributed by atoms with Crippen LogP contribution in [0.25, 0.3) is 0 Å². The predicted molar refractivity (Wildman–Crippen MR) is 70.5 cm³/mol. The molecule has 0 spiro atoms. The van der Waals surface area contributed by atoms with E-state index in [0.717, 1.165) is 0 Å². The molecule has 0 radical (unpaired) electrons. The normalized spacial score (nSPS) is 12.2. The van der Waals surface area contributed by atoms with Crippen molar-refractivity contribution in [2.45, 2.75) is 19.6 Å². The molecule has 0 amide bonds. The van der Waals surface area contributed by atoms with Crippen molar-refractivity contribution < 1.29 is 18.3 Å². The summed E-state index contributed by atoms with van der Waals surface area (Å²) in [6.07, 6.45) is -4.21. The van der Waals surface area contributed by atoms with Gasteiger partial charge in [-0.05, 0) is 56.1 Å². The van der Waals surface area contributed by atoms with Crippen LogP contribution >= 0.6 is 31.9 Å². The van der Waals surface area contributed by atoms with Gasteiger partial charge in [-0.3, -0.25) is 4.90 Å². The lowest BCUT2D eigenvalue weighted by molar-refractivity contribution is -0.146. The van der Waals surface area contributed by atoms with Crippen LogP contribution in [0, 0.1) is 0 Å². The van der Waals surface area contributed by atoms with Gasteiger partial charge >= 0.3 is 6.18 Å². The van der Waals surface area contributed by atoms with E-state index in [1.165, 1.54) is 4.90 Å². The minimum atomic E-state index is -4.21. The van der Waals surface area contributed by atoms with Gasteiger partial charge < -0.3 is 5.11 Å². The van der Waals surface area contributed by atoms with Gasteiger partial charge in [-0.1, -0.05) is 6.92 Å². The highest BCUT2D eigenvalue weighted by Gasteiger charge is 2.30. The first-order valence-corrected chi connectivity index (χ1v) is 6.77. The standard InChI is InChI=1S/C11H12Br2F3NO/c1-2-17(6-11(14,15)16)5-7-3-8(12)10(18)9(13)4-7/h3-4,18H,2,5-6H2,1H3. The summed E-state index contributed by atoms with van der Waals surface area (Å²) in [6, 6.07) is 3.22. The molecule has 18 heavy (non-hydrogen) atoms. The van der Waals surface area contributed by atoms with Gasteiger partial charge in [0.1, 0.15) is 5.75 Å². The Morgan fingerprint density at radius 1 is 1.22 bits per heavy atom. The molecule has 0 fully saturated rings. The molecule has 1 rings (SSSR count). The quantitative estimate of drug-likeness (QED) is 0.828. The van der Waals surface area contributed by atoms with Crippen molar-refractivity contribution in [3.05, 3.63) is 26.6 Å². The molecular formula is C11H12Br2F3NO. The second-order valence-electron chi connectivity index (χ2n) is 3.83. The number of halogens is 5. The number of alkyl halides is 3. The van der Waals surface area contributed by atoms with E-state index in [9.17, 15) is 18.3 Å². The third-order valence-electron chi connectivity index (χ3n) is 2.33. The first-order chi connectivity index (χ1) is 8.23. The zero-order valence-corrected chi connectivity index (χ0v) is 12.7. The second-order valence-corrected chi connectivity index (χ2v) is 5.54. The lowest BCUT2D eigenvalue weighted by atomic mass is 10.2. The molecule has 1 aromatic rings. The van der Waals surface area contributed by atoms with Gasteiger partial charge in [-0.15, -0.1) is 0 Å². The fraction of sp³-hybridized carbons (Fsp3) is 0.455. The number of benzene rings is 1. The van der Waals surface area contributed by atoms with Crippen molar-refractivity contribution in [2.75, 3.05) is 13.1 Å². The number of nitrogens with zero attached hydrogens (tertiary/aromatic N) is 1. The highest BCUT2D eigenvalue weighted by atomic mass is 79.9. The Morgan fingerprint density at radius 3 is 2.11 bits per heavy atom. The summed E-state index contributed by atoms with van der Waals surface area (Å²) in [5.41, 5.74) is 0.692. The van der Waals surface area contributed by atoms with Gasteiger partial charge in [-0.25, -0.2) is 0 Å². The number of phenols is 1. The maximum Gasteiger partial charge on any atom is 0.401 e. The average Bonchev–Trinajstić information content (AvgIpc) is 2.23. The third kappa shape index (κ3) is 4.78. The van der Waals surface area contributed by atoms with Crippen LogP contribution < -0.4 is 0 Å². The van der Waals surface area contributed by atoms with Crippen LogP contribution in [0.4, 0.5) is 13.2 Å². The van der Waals surface area contributed by atoms with E-state index >= 15 is 0 Å². The van der Waals surface area contributed by atoms with Gasteiger partial charge in [0.05, 0.1) is 15.5 Å². The molecule has 0 aromatic heterocycles. The zero-order valence-electron chi connectivity index (χ0n) is 9.56. The van der Waals surface area contributed by atoms with Gasteiger partial charge in [-0.2, -0.15) is 13.2 Å². The van der Waals surface area contributed by atoms with Gasteiger partial charge in [0.2, 0.25) is 0 Å². The van der Waals surface area contributed by atoms with Gasteiger partial charge in [0, 0.05) is 6.54 Å². The Labute approximate surface area is 120 Å². The molecular weight excluding hydrogens is 379 g/mol. The van der Waals surface area contributed by atoms with E-state index in [1.807, 2.05) is 0 Å². The van der Waals surface area contributed by atoms with Crippen molar-refractivity contribution in [1.29, 1.82) is 0 Å². The molecule has 0 aliphatic carbocycles. The van der Waals surface area contributed by atoms with Crippen molar-refractivity contribution in [2.24, 2.45) is 0 Å². The molecule has 102 valence electrons. The molecule has 0 atom stereocenters. The minimum absolute atomic E-state index is 0.0395. The molecule has 2 nitrogen and oxygen atoms in total. The molecule has 0 aliphatic heterocycles. The Kier molecular flexibility index (Phi) is 5.48. The SMILES string of the molecule is CCN(Cc1cc(Br)c(O)c(Br)c1)CC(F)(F)F. The highest BCUT2D eigenvalue weighted by Crippen LogP contribution is 2.33. The van der Waals surface area contributed by atoms with Crippen LogP contribution in [0.15, 0.2) is 21.1 Å². The Bertz CT molecular complexity index is 400. The predicted octanol–water partition coefficient (Wildman–Crippen LogP) is 4.30. The van der Waals surface area contributed by atoms with Gasteiger partial charge in [0.15, 0.2) is 0 Å². The van der Waals surface area contributed by atoms with E-state index in [1.54, 1.807) is 19.1 Å². The Hall–Kier alpha value is -0.270. The summed E-state index contributed by atoms with van der Waals surface area (Å²) in [7, 11) is 0. The number of phenolic OH excluding ortho intramolecular Hbond substituents is 1. The number of rotatable bonds is 4. The zero-order chi connectivity index (χ0) is 13.9. The lowest BCUT2D eigenvalue weighted by Gasteiger charge is -2.22. The maximum absolute atomic E-state index is 12.3. The third-order valence-corrected chi connectivity index (χ3v) is 3.54. The number of aromatic hydroxyl groups is 1. The Morgan fingerprint density at radius 2 is 1.72 bits per heavy atom. The lowest BCUT2D eigenvalue weighted by Crippen LogP contribution is -2.33. The van der Waals surface area contributed by atoms with Crippen LogP contribution in [0.5, 0.6) is 5.75 Å². The molecule has 0 aliphatic rings. The van der Waals surface area contributed by atoms with Crippen LogP contribution in [-0.2, 0) is 6.54 Å². The summed E-state index contributed by atoms with van der Waals surface area (Å²) < 4.78 is 37.9. The smallest absolute Gasteiger partial charge is 0.401 e. The van der Waals surface area contributed by atoms with Crippen LogP contribution in [0.1, 0.15) is 12.5 Å². The molecule has 0 bridgehead atoms. The van der Waals surface area contributed by atoms with E-state index in [4.69, 9.17) is 0 Å². The second kappa shape index (κ2) is 6.25. The van der Waals surface area contributed by atoms with Crippen LogP contribution in [0.2, 0.25) is 0 Å². The van der Waals surface area contributed by atoms with Gasteiger partial charge in [0.25, 0.3) is 0 Å². The number of hydrogen-bond acceptors (Lipinski definition) is 2. The van der Waals surface area contributed by atoms with Crippen molar-refractivity contribution >= 4 is 31.9 Å². The maximum atomic E-state index is 12.3. The van der Waals surface area contributed by atoms with Crippen molar-refractivity contribution in [1.82, 2.24) is 4.90 Å². The molecule has 0 saturated carbocycles. The molecule has 1 N–H and O–H groups in total. The topological polar surface area (TPSA) is 23.5 Å². The van der Waals surface area contributed by atoms with Crippen molar-refractivity contribution in [3.8, 4) is 5.75 Å². The van der Waals surface area contributed by atoms with Crippen molar-refractivity contribution in [3.63, 3.8) is 0 Å². The summed E-state index contributed by atoms with van der Waals surface area (Å²) in [5, 5.41) is 9.52. The molecule has 0 saturated heterocycles. The van der Waals surface area contributed by atoms with E-state index in [2.05, 4.69) is 31.9 Å². The first kappa shape index (κ1) is 15.8. The highest BCUT2D eigenvalue weighted by molar-refractivity contribution is 9.11. The van der Waals surface area contributed by atoms with Crippen LogP contribution in [0.3, 0.4) is 0 Å².